The molecule has 1 aromatic heterocycles. The SMILES string of the molecule is O=C(O)C(F)(F)Cc1cnc2ccccc2n1. The van der Waals surface area contributed by atoms with E-state index >= 15 is 0 Å². The molecule has 6 heteroatoms. The van der Waals surface area contributed by atoms with Gasteiger partial charge in [0.15, 0.2) is 0 Å². The fourth-order valence-corrected chi connectivity index (χ4v) is 1.38. The van der Waals surface area contributed by atoms with E-state index in [1.54, 1.807) is 24.3 Å². The van der Waals surface area contributed by atoms with Gasteiger partial charge in [-0.2, -0.15) is 8.78 Å². The fourth-order valence-electron chi connectivity index (χ4n) is 1.38. The zero-order valence-corrected chi connectivity index (χ0v) is 8.60. The van der Waals surface area contributed by atoms with Gasteiger partial charge in [-0.3, -0.25) is 4.98 Å². The minimum atomic E-state index is -3.82. The lowest BCUT2D eigenvalue weighted by Crippen LogP contribution is -2.31. The Morgan fingerprint density at radius 1 is 1.29 bits per heavy atom. The second-order valence-corrected chi connectivity index (χ2v) is 3.54. The average molecular weight is 238 g/mol. The van der Waals surface area contributed by atoms with Crippen LogP contribution in [0.2, 0.25) is 0 Å². The largest absolute Gasteiger partial charge is 0.477 e. The maximum atomic E-state index is 13.0. The number of benzene rings is 1. The molecule has 0 saturated carbocycles. The highest BCUT2D eigenvalue weighted by Gasteiger charge is 2.39. The van der Waals surface area contributed by atoms with Crippen LogP contribution < -0.4 is 0 Å². The van der Waals surface area contributed by atoms with Gasteiger partial charge in [-0.25, -0.2) is 9.78 Å². The Morgan fingerprint density at radius 2 is 1.94 bits per heavy atom. The molecular formula is C11H8F2N2O2. The molecule has 0 aliphatic heterocycles. The summed E-state index contributed by atoms with van der Waals surface area (Å²) in [6.45, 7) is 0. The van der Waals surface area contributed by atoms with Gasteiger partial charge in [0.2, 0.25) is 0 Å². The Hall–Kier alpha value is -2.11. The number of carbonyl (C=O) groups is 1. The Bertz CT molecular complexity index is 572. The van der Waals surface area contributed by atoms with Gasteiger partial charge in [0.05, 0.1) is 23.1 Å². The van der Waals surface area contributed by atoms with Crippen molar-refractivity contribution in [3.8, 4) is 0 Å². The molecule has 88 valence electrons. The molecule has 2 aromatic rings. The molecule has 0 bridgehead atoms. The van der Waals surface area contributed by atoms with Crippen LogP contribution in [0.4, 0.5) is 8.78 Å². The van der Waals surface area contributed by atoms with Crippen LogP contribution in [0, 0.1) is 0 Å². The molecule has 0 radical (unpaired) electrons. The summed E-state index contributed by atoms with van der Waals surface area (Å²) in [6, 6.07) is 6.78. The molecule has 0 unspecified atom stereocenters. The van der Waals surface area contributed by atoms with Gasteiger partial charge in [-0.1, -0.05) is 12.1 Å². The van der Waals surface area contributed by atoms with E-state index in [2.05, 4.69) is 9.97 Å². The summed E-state index contributed by atoms with van der Waals surface area (Å²) in [6.07, 6.45) is 0.208. The molecule has 0 atom stereocenters. The molecule has 1 N–H and O–H groups in total. The van der Waals surface area contributed by atoms with Gasteiger partial charge in [0, 0.05) is 6.20 Å². The molecule has 1 aromatic carbocycles. The highest BCUT2D eigenvalue weighted by molar-refractivity contribution is 5.76. The number of carboxylic acids is 1. The van der Waals surface area contributed by atoms with Crippen molar-refractivity contribution in [1.82, 2.24) is 9.97 Å². The van der Waals surface area contributed by atoms with Gasteiger partial charge in [-0.05, 0) is 12.1 Å². The number of hydrogen-bond acceptors (Lipinski definition) is 3. The molecule has 17 heavy (non-hydrogen) atoms. The van der Waals surface area contributed by atoms with E-state index < -0.39 is 18.3 Å². The number of hydrogen-bond donors (Lipinski definition) is 1. The average Bonchev–Trinajstić information content (AvgIpc) is 2.28. The molecule has 0 amide bonds. The number of fused-ring (bicyclic) bond motifs is 1. The number of carboxylic acid groups (broad SMARTS) is 1. The normalized spacial score (nSPS) is 11.6. The fraction of sp³-hybridized carbons (Fsp3) is 0.182. The van der Waals surface area contributed by atoms with Crippen LogP contribution in [0.25, 0.3) is 11.0 Å². The summed E-state index contributed by atoms with van der Waals surface area (Å²) < 4.78 is 25.9. The number of nitrogens with zero attached hydrogens (tertiary/aromatic N) is 2. The van der Waals surface area contributed by atoms with Crippen LogP contribution in [0.15, 0.2) is 30.5 Å². The molecule has 0 fully saturated rings. The van der Waals surface area contributed by atoms with Crippen molar-refractivity contribution in [2.45, 2.75) is 12.3 Å². The minimum Gasteiger partial charge on any atom is -0.477 e. The third kappa shape index (κ3) is 2.35. The first-order valence-corrected chi connectivity index (χ1v) is 4.81. The minimum absolute atomic E-state index is 0.0453. The van der Waals surface area contributed by atoms with Crippen LogP contribution in [0.1, 0.15) is 5.69 Å². The lowest BCUT2D eigenvalue weighted by molar-refractivity contribution is -0.164. The zero-order valence-electron chi connectivity index (χ0n) is 8.60. The molecule has 0 spiro atoms. The third-order valence-corrected chi connectivity index (χ3v) is 2.21. The highest BCUT2D eigenvalue weighted by Crippen LogP contribution is 2.20. The van der Waals surface area contributed by atoms with Gasteiger partial charge in [0.1, 0.15) is 0 Å². The van der Waals surface area contributed by atoms with Crippen molar-refractivity contribution >= 4 is 17.0 Å². The van der Waals surface area contributed by atoms with Crippen molar-refractivity contribution < 1.29 is 18.7 Å². The summed E-state index contributed by atoms with van der Waals surface area (Å²) in [5.41, 5.74) is 0.997. The molecule has 2 rings (SSSR count). The predicted molar refractivity (Wildman–Crippen MR) is 55.8 cm³/mol. The number of alkyl halides is 2. The molecule has 4 nitrogen and oxygen atoms in total. The Balaban J connectivity index is 2.34. The van der Waals surface area contributed by atoms with Crippen molar-refractivity contribution in [3.63, 3.8) is 0 Å². The highest BCUT2D eigenvalue weighted by atomic mass is 19.3. The Labute approximate surface area is 94.9 Å². The number of aromatic nitrogens is 2. The summed E-state index contributed by atoms with van der Waals surface area (Å²) in [5, 5.41) is 8.32. The van der Waals surface area contributed by atoms with Gasteiger partial charge >= 0.3 is 11.9 Å². The van der Waals surface area contributed by atoms with Crippen LogP contribution in [-0.4, -0.2) is 27.0 Å². The number of aliphatic carboxylic acids is 1. The zero-order chi connectivity index (χ0) is 12.5. The molecular weight excluding hydrogens is 230 g/mol. The monoisotopic (exact) mass is 238 g/mol. The van der Waals surface area contributed by atoms with E-state index in [0.29, 0.717) is 11.0 Å². The van der Waals surface area contributed by atoms with Gasteiger partial charge < -0.3 is 5.11 Å². The molecule has 0 saturated heterocycles. The van der Waals surface area contributed by atoms with Crippen molar-refractivity contribution in [2.24, 2.45) is 0 Å². The van der Waals surface area contributed by atoms with Crippen molar-refractivity contribution in [2.75, 3.05) is 0 Å². The first kappa shape index (κ1) is 11.4. The maximum Gasteiger partial charge on any atom is 0.374 e. The van der Waals surface area contributed by atoms with E-state index in [9.17, 15) is 13.6 Å². The lowest BCUT2D eigenvalue weighted by atomic mass is 10.2. The van der Waals surface area contributed by atoms with E-state index in [4.69, 9.17) is 5.11 Å². The number of para-hydroxylation sites is 2. The smallest absolute Gasteiger partial charge is 0.374 e. The third-order valence-electron chi connectivity index (χ3n) is 2.21. The summed E-state index contributed by atoms with van der Waals surface area (Å²) in [5.74, 6) is -5.98. The molecule has 0 aliphatic rings. The van der Waals surface area contributed by atoms with E-state index in [1.165, 1.54) is 6.20 Å². The summed E-state index contributed by atoms with van der Waals surface area (Å²) in [7, 11) is 0. The van der Waals surface area contributed by atoms with E-state index in [0.717, 1.165) is 0 Å². The second-order valence-electron chi connectivity index (χ2n) is 3.54. The van der Waals surface area contributed by atoms with E-state index in [-0.39, 0.29) is 5.69 Å². The first-order valence-electron chi connectivity index (χ1n) is 4.81. The Morgan fingerprint density at radius 3 is 2.59 bits per heavy atom. The second kappa shape index (κ2) is 4.04. The lowest BCUT2D eigenvalue weighted by Gasteiger charge is -2.10. The summed E-state index contributed by atoms with van der Waals surface area (Å²) >= 11 is 0. The van der Waals surface area contributed by atoms with Crippen molar-refractivity contribution in [3.05, 3.63) is 36.2 Å². The molecule has 1 heterocycles. The number of halogens is 2. The van der Waals surface area contributed by atoms with Gasteiger partial charge in [-0.15, -0.1) is 0 Å². The topological polar surface area (TPSA) is 63.1 Å². The Kier molecular flexibility index (Phi) is 2.71. The summed E-state index contributed by atoms with van der Waals surface area (Å²) in [4.78, 5) is 18.2. The quantitative estimate of drug-likeness (QED) is 0.886. The van der Waals surface area contributed by atoms with Crippen LogP contribution in [-0.2, 0) is 11.2 Å². The van der Waals surface area contributed by atoms with Crippen LogP contribution in [0.5, 0.6) is 0 Å². The van der Waals surface area contributed by atoms with Crippen LogP contribution in [0.3, 0.4) is 0 Å². The predicted octanol–water partition coefficient (Wildman–Crippen LogP) is 1.89. The first-order chi connectivity index (χ1) is 7.99. The van der Waals surface area contributed by atoms with E-state index in [1.807, 2.05) is 0 Å². The van der Waals surface area contributed by atoms with Crippen molar-refractivity contribution in [1.29, 1.82) is 0 Å². The molecule has 0 aliphatic carbocycles. The maximum absolute atomic E-state index is 13.0. The van der Waals surface area contributed by atoms with Crippen LogP contribution >= 0.6 is 0 Å². The number of rotatable bonds is 3. The standard InChI is InChI=1S/C11H8F2N2O2/c12-11(13,10(16)17)5-7-6-14-8-3-1-2-4-9(8)15-7/h1-4,6H,5H2,(H,16,17). The van der Waals surface area contributed by atoms with Gasteiger partial charge in [0.25, 0.3) is 0 Å².